The van der Waals surface area contributed by atoms with Crippen molar-refractivity contribution in [2.75, 3.05) is 24.7 Å². The van der Waals surface area contributed by atoms with Crippen molar-refractivity contribution in [3.63, 3.8) is 0 Å². The molecule has 2 N–H and O–H groups in total. The zero-order chi connectivity index (χ0) is 11.7. The van der Waals surface area contributed by atoms with E-state index in [0.29, 0.717) is 5.82 Å². The zero-order valence-corrected chi connectivity index (χ0v) is 9.81. The third-order valence-corrected chi connectivity index (χ3v) is 2.53. The fourth-order valence-corrected chi connectivity index (χ4v) is 1.60. The third-order valence-electron chi connectivity index (χ3n) is 2.53. The SMILES string of the molecule is Cc1ccccc1-n1nc(N(C)C)cc1N. The molecule has 1 aromatic heterocycles. The van der Waals surface area contributed by atoms with Crippen LogP contribution >= 0.6 is 0 Å². The maximum Gasteiger partial charge on any atom is 0.152 e. The van der Waals surface area contributed by atoms with Crippen molar-refractivity contribution in [2.24, 2.45) is 0 Å². The first-order valence-electron chi connectivity index (χ1n) is 5.18. The molecule has 0 bridgehead atoms. The van der Waals surface area contributed by atoms with E-state index in [1.807, 2.05) is 56.3 Å². The van der Waals surface area contributed by atoms with Gasteiger partial charge in [0.25, 0.3) is 0 Å². The molecule has 0 aliphatic rings. The standard InChI is InChI=1S/C12H16N4/c1-9-6-4-5-7-10(9)16-11(13)8-12(14-16)15(2)3/h4-8H,13H2,1-3H3. The molecule has 0 atom stereocenters. The smallest absolute Gasteiger partial charge is 0.152 e. The Morgan fingerprint density at radius 2 is 1.94 bits per heavy atom. The molecule has 2 aromatic rings. The van der Waals surface area contributed by atoms with Crippen LogP contribution in [0.5, 0.6) is 0 Å². The maximum atomic E-state index is 5.95. The van der Waals surface area contributed by atoms with E-state index in [9.17, 15) is 0 Å². The van der Waals surface area contributed by atoms with Crippen LogP contribution in [0, 0.1) is 6.92 Å². The first kappa shape index (κ1) is 10.5. The van der Waals surface area contributed by atoms with Gasteiger partial charge in [0.1, 0.15) is 5.82 Å². The van der Waals surface area contributed by atoms with E-state index in [-0.39, 0.29) is 0 Å². The molecule has 0 aliphatic heterocycles. The number of hydrogen-bond donors (Lipinski definition) is 1. The lowest BCUT2D eigenvalue weighted by Gasteiger charge is -2.08. The minimum atomic E-state index is 0.651. The van der Waals surface area contributed by atoms with Crippen LogP contribution in [0.25, 0.3) is 5.69 Å². The van der Waals surface area contributed by atoms with E-state index in [1.165, 1.54) is 0 Å². The van der Waals surface area contributed by atoms with E-state index in [4.69, 9.17) is 5.73 Å². The number of nitrogens with two attached hydrogens (primary N) is 1. The highest BCUT2D eigenvalue weighted by Gasteiger charge is 2.09. The molecule has 0 radical (unpaired) electrons. The monoisotopic (exact) mass is 216 g/mol. The summed E-state index contributed by atoms with van der Waals surface area (Å²) in [7, 11) is 3.90. The van der Waals surface area contributed by atoms with Gasteiger partial charge in [-0.1, -0.05) is 18.2 Å². The number of anilines is 2. The Kier molecular flexibility index (Phi) is 2.56. The summed E-state index contributed by atoms with van der Waals surface area (Å²) < 4.78 is 1.77. The Hall–Kier alpha value is -1.97. The summed E-state index contributed by atoms with van der Waals surface area (Å²) >= 11 is 0. The average molecular weight is 216 g/mol. The first-order valence-corrected chi connectivity index (χ1v) is 5.18. The number of nitrogen functional groups attached to an aromatic ring is 1. The second kappa shape index (κ2) is 3.89. The zero-order valence-electron chi connectivity index (χ0n) is 9.81. The summed E-state index contributed by atoms with van der Waals surface area (Å²) in [6.45, 7) is 2.05. The van der Waals surface area contributed by atoms with Crippen LogP contribution in [0.3, 0.4) is 0 Å². The van der Waals surface area contributed by atoms with Crippen LogP contribution in [-0.4, -0.2) is 23.9 Å². The topological polar surface area (TPSA) is 47.1 Å². The Morgan fingerprint density at radius 1 is 1.25 bits per heavy atom. The van der Waals surface area contributed by atoms with Crippen LogP contribution in [0.4, 0.5) is 11.6 Å². The predicted molar refractivity (Wildman–Crippen MR) is 67.0 cm³/mol. The van der Waals surface area contributed by atoms with Crippen LogP contribution < -0.4 is 10.6 Å². The average Bonchev–Trinajstić information content (AvgIpc) is 2.61. The molecule has 1 aromatic carbocycles. The number of benzene rings is 1. The van der Waals surface area contributed by atoms with Gasteiger partial charge in [-0.05, 0) is 18.6 Å². The highest BCUT2D eigenvalue weighted by atomic mass is 15.4. The molecule has 4 heteroatoms. The number of aryl methyl sites for hydroxylation is 1. The van der Waals surface area contributed by atoms with Crippen molar-refractivity contribution in [3.8, 4) is 5.69 Å². The summed E-state index contributed by atoms with van der Waals surface area (Å²) in [5.74, 6) is 1.51. The normalized spacial score (nSPS) is 10.4. The van der Waals surface area contributed by atoms with Crippen molar-refractivity contribution in [3.05, 3.63) is 35.9 Å². The number of hydrogen-bond acceptors (Lipinski definition) is 3. The van der Waals surface area contributed by atoms with Gasteiger partial charge in [0, 0.05) is 20.2 Å². The van der Waals surface area contributed by atoms with E-state index in [0.717, 1.165) is 17.1 Å². The highest BCUT2D eigenvalue weighted by Crippen LogP contribution is 2.20. The van der Waals surface area contributed by atoms with Crippen molar-refractivity contribution in [1.82, 2.24) is 9.78 Å². The minimum absolute atomic E-state index is 0.651. The molecule has 0 fully saturated rings. The largest absolute Gasteiger partial charge is 0.384 e. The molecule has 16 heavy (non-hydrogen) atoms. The summed E-state index contributed by atoms with van der Waals surface area (Å²) in [6, 6.07) is 9.92. The van der Waals surface area contributed by atoms with Gasteiger partial charge in [-0.3, -0.25) is 0 Å². The van der Waals surface area contributed by atoms with Gasteiger partial charge in [0.15, 0.2) is 5.82 Å². The third kappa shape index (κ3) is 1.74. The quantitative estimate of drug-likeness (QED) is 0.833. The van der Waals surface area contributed by atoms with Gasteiger partial charge in [0.05, 0.1) is 5.69 Å². The summed E-state index contributed by atoms with van der Waals surface area (Å²) in [5, 5.41) is 4.46. The number of nitrogens with zero attached hydrogens (tertiary/aromatic N) is 3. The fraction of sp³-hybridized carbons (Fsp3) is 0.250. The Labute approximate surface area is 95.3 Å². The molecule has 0 spiro atoms. The van der Waals surface area contributed by atoms with Gasteiger partial charge in [-0.15, -0.1) is 5.10 Å². The van der Waals surface area contributed by atoms with Crippen LogP contribution in [-0.2, 0) is 0 Å². The second-order valence-corrected chi connectivity index (χ2v) is 4.02. The highest BCUT2D eigenvalue weighted by molar-refractivity contribution is 5.53. The molecule has 0 saturated carbocycles. The van der Waals surface area contributed by atoms with Crippen molar-refractivity contribution >= 4 is 11.6 Å². The molecule has 0 saturated heterocycles. The lowest BCUT2D eigenvalue weighted by atomic mass is 10.2. The van der Waals surface area contributed by atoms with Crippen LogP contribution in [0.1, 0.15) is 5.56 Å². The van der Waals surface area contributed by atoms with E-state index >= 15 is 0 Å². The lowest BCUT2D eigenvalue weighted by molar-refractivity contribution is 0.868. The summed E-state index contributed by atoms with van der Waals surface area (Å²) in [4.78, 5) is 1.94. The van der Waals surface area contributed by atoms with Gasteiger partial charge in [-0.25, -0.2) is 4.68 Å². The lowest BCUT2D eigenvalue weighted by Crippen LogP contribution is -2.10. The van der Waals surface area contributed by atoms with Gasteiger partial charge in [0.2, 0.25) is 0 Å². The minimum Gasteiger partial charge on any atom is -0.384 e. The van der Waals surface area contributed by atoms with Crippen LogP contribution in [0.15, 0.2) is 30.3 Å². The van der Waals surface area contributed by atoms with Crippen LogP contribution in [0.2, 0.25) is 0 Å². The van der Waals surface area contributed by atoms with Gasteiger partial charge < -0.3 is 10.6 Å². The molecule has 0 aliphatic carbocycles. The molecule has 4 nitrogen and oxygen atoms in total. The van der Waals surface area contributed by atoms with E-state index in [2.05, 4.69) is 5.10 Å². The summed E-state index contributed by atoms with van der Waals surface area (Å²) in [6.07, 6.45) is 0. The van der Waals surface area contributed by atoms with Gasteiger partial charge in [-0.2, -0.15) is 0 Å². The molecule has 2 rings (SSSR count). The first-order chi connectivity index (χ1) is 7.59. The number of para-hydroxylation sites is 1. The maximum absolute atomic E-state index is 5.95. The number of aromatic nitrogens is 2. The van der Waals surface area contributed by atoms with Crippen molar-refractivity contribution < 1.29 is 0 Å². The molecule has 1 heterocycles. The molecular weight excluding hydrogens is 200 g/mol. The Morgan fingerprint density at radius 3 is 2.50 bits per heavy atom. The fourth-order valence-electron chi connectivity index (χ4n) is 1.60. The molecule has 0 unspecified atom stereocenters. The van der Waals surface area contributed by atoms with E-state index < -0.39 is 0 Å². The molecule has 0 amide bonds. The molecular formula is C12H16N4. The van der Waals surface area contributed by atoms with Crippen molar-refractivity contribution in [2.45, 2.75) is 6.92 Å². The predicted octanol–water partition coefficient (Wildman–Crippen LogP) is 1.83. The number of rotatable bonds is 2. The van der Waals surface area contributed by atoms with Crippen molar-refractivity contribution in [1.29, 1.82) is 0 Å². The Balaban J connectivity index is 2.52. The Bertz CT molecular complexity index is 499. The second-order valence-electron chi connectivity index (χ2n) is 4.02. The van der Waals surface area contributed by atoms with Gasteiger partial charge >= 0.3 is 0 Å². The summed E-state index contributed by atoms with van der Waals surface area (Å²) in [5.41, 5.74) is 8.13. The van der Waals surface area contributed by atoms with E-state index in [1.54, 1.807) is 4.68 Å². The molecule has 84 valence electrons.